The zero-order chi connectivity index (χ0) is 19.4. The summed E-state index contributed by atoms with van der Waals surface area (Å²) in [6, 6.07) is 4.85. The van der Waals surface area contributed by atoms with Gasteiger partial charge in [0.1, 0.15) is 5.54 Å². The van der Waals surface area contributed by atoms with Gasteiger partial charge in [-0.1, -0.05) is 31.9 Å². The van der Waals surface area contributed by atoms with Gasteiger partial charge in [-0.15, -0.1) is 0 Å². The van der Waals surface area contributed by atoms with E-state index in [1.807, 2.05) is 6.92 Å². The summed E-state index contributed by atoms with van der Waals surface area (Å²) in [5, 5.41) is 5.66. The molecule has 0 spiro atoms. The summed E-state index contributed by atoms with van der Waals surface area (Å²) in [6.45, 7) is 4.11. The molecule has 0 unspecified atom stereocenters. The van der Waals surface area contributed by atoms with Gasteiger partial charge < -0.3 is 10.6 Å². The third-order valence-corrected chi connectivity index (χ3v) is 4.91. The summed E-state index contributed by atoms with van der Waals surface area (Å²) in [4.78, 5) is 24.8. The molecule has 0 saturated heterocycles. The zero-order valence-electron chi connectivity index (χ0n) is 15.1. The summed E-state index contributed by atoms with van der Waals surface area (Å²) >= 11 is 0. The molecule has 26 heavy (non-hydrogen) atoms. The van der Waals surface area contributed by atoms with Crippen molar-refractivity contribution >= 4 is 11.8 Å². The summed E-state index contributed by atoms with van der Waals surface area (Å²) in [5.74, 6) is -0.663. The molecule has 2 N–H and O–H groups in total. The molecule has 1 aromatic rings. The minimum atomic E-state index is -4.37. The van der Waals surface area contributed by atoms with E-state index in [2.05, 4.69) is 10.6 Å². The van der Waals surface area contributed by atoms with Gasteiger partial charge >= 0.3 is 6.18 Å². The van der Waals surface area contributed by atoms with Crippen molar-refractivity contribution in [2.75, 3.05) is 6.54 Å². The second-order valence-electron chi connectivity index (χ2n) is 6.92. The smallest absolute Gasteiger partial charge is 0.354 e. The van der Waals surface area contributed by atoms with E-state index in [-0.39, 0.29) is 24.2 Å². The third-order valence-electron chi connectivity index (χ3n) is 4.91. The Hall–Kier alpha value is -2.05. The minimum absolute atomic E-state index is 0.118. The Morgan fingerprint density at radius 2 is 1.73 bits per heavy atom. The maximum absolute atomic E-state index is 12.6. The fourth-order valence-corrected chi connectivity index (χ4v) is 3.43. The maximum atomic E-state index is 12.6. The van der Waals surface area contributed by atoms with E-state index in [4.69, 9.17) is 0 Å². The van der Waals surface area contributed by atoms with Crippen LogP contribution >= 0.6 is 0 Å². The summed E-state index contributed by atoms with van der Waals surface area (Å²) < 4.78 is 37.9. The van der Waals surface area contributed by atoms with Crippen molar-refractivity contribution in [3.63, 3.8) is 0 Å². The number of hydrogen-bond donors (Lipinski definition) is 2. The monoisotopic (exact) mass is 370 g/mol. The van der Waals surface area contributed by atoms with Gasteiger partial charge in [-0.05, 0) is 43.4 Å². The van der Waals surface area contributed by atoms with Gasteiger partial charge in [0.15, 0.2) is 0 Å². The van der Waals surface area contributed by atoms with Crippen LogP contribution in [0.2, 0.25) is 0 Å². The number of nitrogens with one attached hydrogen (secondary N) is 2. The van der Waals surface area contributed by atoms with Crippen LogP contribution in [0.1, 0.15) is 63.0 Å². The van der Waals surface area contributed by atoms with E-state index >= 15 is 0 Å². The average Bonchev–Trinajstić information content (AvgIpc) is 3.04. The van der Waals surface area contributed by atoms with Crippen LogP contribution in [0.5, 0.6) is 0 Å². The number of halogens is 3. The van der Waals surface area contributed by atoms with Gasteiger partial charge in [0.05, 0.1) is 5.56 Å². The zero-order valence-corrected chi connectivity index (χ0v) is 15.1. The summed E-state index contributed by atoms with van der Waals surface area (Å²) in [5.41, 5.74) is -0.905. The van der Waals surface area contributed by atoms with Crippen LogP contribution in [0.3, 0.4) is 0 Å². The normalized spacial score (nSPS) is 17.6. The number of amides is 2. The Bertz CT molecular complexity index is 635. The fraction of sp³-hybridized carbons (Fsp3) is 0.579. The molecule has 7 heteroatoms. The van der Waals surface area contributed by atoms with Crippen molar-refractivity contribution in [2.24, 2.45) is 0 Å². The molecule has 1 aliphatic carbocycles. The molecule has 1 aromatic carbocycles. The lowest BCUT2D eigenvalue weighted by molar-refractivity contribution is -0.137. The summed E-state index contributed by atoms with van der Waals surface area (Å²) in [7, 11) is 0. The van der Waals surface area contributed by atoms with E-state index in [1.165, 1.54) is 12.1 Å². The third kappa shape index (κ3) is 4.77. The predicted octanol–water partition coefficient (Wildman–Crippen LogP) is 3.76. The predicted molar refractivity (Wildman–Crippen MR) is 92.5 cm³/mol. The molecular weight excluding hydrogens is 345 g/mol. The highest BCUT2D eigenvalue weighted by Crippen LogP contribution is 2.32. The van der Waals surface area contributed by atoms with Crippen LogP contribution in [0.25, 0.3) is 0 Å². The van der Waals surface area contributed by atoms with E-state index in [1.54, 1.807) is 6.92 Å². The maximum Gasteiger partial charge on any atom is 0.416 e. The molecule has 1 aliphatic rings. The van der Waals surface area contributed by atoms with Crippen LogP contribution in [0, 0.1) is 0 Å². The molecule has 0 bridgehead atoms. The Kier molecular flexibility index (Phi) is 6.31. The number of alkyl halides is 3. The molecule has 1 atom stereocenters. The van der Waals surface area contributed by atoms with Crippen LogP contribution < -0.4 is 10.6 Å². The molecule has 2 rings (SSSR count). The van der Waals surface area contributed by atoms with Crippen LogP contribution in [0.4, 0.5) is 13.2 Å². The van der Waals surface area contributed by atoms with Crippen molar-refractivity contribution < 1.29 is 22.8 Å². The molecule has 1 fully saturated rings. The first-order valence-corrected chi connectivity index (χ1v) is 8.94. The van der Waals surface area contributed by atoms with Gasteiger partial charge in [-0.25, -0.2) is 0 Å². The molecule has 2 amide bonds. The number of hydrogen-bond acceptors (Lipinski definition) is 2. The number of likely N-dealkylation sites (N-methyl/N-ethyl adjacent to an activating group) is 1. The fourth-order valence-electron chi connectivity index (χ4n) is 3.43. The second kappa shape index (κ2) is 8.10. The van der Waals surface area contributed by atoms with Gasteiger partial charge in [-0.3, -0.25) is 9.59 Å². The number of carbonyl (C=O) groups is 2. The lowest BCUT2D eigenvalue weighted by atomic mass is 9.93. The van der Waals surface area contributed by atoms with Gasteiger partial charge in [0.2, 0.25) is 11.8 Å². The highest BCUT2D eigenvalue weighted by molar-refractivity contribution is 5.92. The molecule has 4 nitrogen and oxygen atoms in total. The van der Waals surface area contributed by atoms with Gasteiger partial charge in [0.25, 0.3) is 0 Å². The molecule has 0 heterocycles. The van der Waals surface area contributed by atoms with Crippen molar-refractivity contribution in [3.05, 3.63) is 35.4 Å². The second-order valence-corrected chi connectivity index (χ2v) is 6.92. The first-order valence-electron chi connectivity index (χ1n) is 8.94. The van der Waals surface area contributed by atoms with Crippen LogP contribution in [-0.2, 0) is 15.8 Å². The van der Waals surface area contributed by atoms with Gasteiger partial charge in [0, 0.05) is 13.0 Å². The molecule has 0 aromatic heterocycles. The largest absolute Gasteiger partial charge is 0.416 e. The lowest BCUT2D eigenvalue weighted by Gasteiger charge is -2.29. The highest BCUT2D eigenvalue weighted by atomic mass is 19.4. The van der Waals surface area contributed by atoms with Crippen LogP contribution in [-0.4, -0.2) is 23.9 Å². The van der Waals surface area contributed by atoms with Crippen LogP contribution in [0.15, 0.2) is 24.3 Å². The Balaban J connectivity index is 2.01. The number of rotatable bonds is 6. The van der Waals surface area contributed by atoms with Gasteiger partial charge in [-0.2, -0.15) is 13.2 Å². The average molecular weight is 370 g/mol. The quantitative estimate of drug-likeness (QED) is 0.801. The lowest BCUT2D eigenvalue weighted by Crippen LogP contribution is -2.57. The first kappa shape index (κ1) is 20.3. The Morgan fingerprint density at radius 3 is 2.23 bits per heavy atom. The topological polar surface area (TPSA) is 58.2 Å². The van der Waals surface area contributed by atoms with E-state index in [0.717, 1.165) is 25.0 Å². The van der Waals surface area contributed by atoms with E-state index < -0.39 is 17.3 Å². The first-order chi connectivity index (χ1) is 12.2. The summed E-state index contributed by atoms with van der Waals surface area (Å²) in [6.07, 6.45) is -1.27. The molecule has 0 aliphatic heterocycles. The van der Waals surface area contributed by atoms with Crippen molar-refractivity contribution in [1.29, 1.82) is 0 Å². The Morgan fingerprint density at radius 1 is 1.15 bits per heavy atom. The molecule has 1 saturated carbocycles. The number of benzene rings is 1. The van der Waals surface area contributed by atoms with Crippen molar-refractivity contribution in [2.45, 2.75) is 63.6 Å². The number of carbonyl (C=O) groups excluding carboxylic acids is 2. The van der Waals surface area contributed by atoms with E-state index in [9.17, 15) is 22.8 Å². The standard InChI is InChI=1S/C19H25F3N2O2/c1-3-23-17(26)18(10-4-5-11-18)24-16(25)12-13(2)14-6-8-15(9-7-14)19(20,21)22/h6-9,13H,3-5,10-12H2,1-2H3,(H,23,26)(H,24,25)/t13-/m0/s1. The van der Waals surface area contributed by atoms with Crippen molar-refractivity contribution in [3.8, 4) is 0 Å². The Labute approximate surface area is 151 Å². The molecule has 144 valence electrons. The molecular formula is C19H25F3N2O2. The highest BCUT2D eigenvalue weighted by Gasteiger charge is 2.42. The SMILES string of the molecule is CCNC(=O)C1(NC(=O)C[C@H](C)c2ccc(C(F)(F)F)cc2)CCCC1. The van der Waals surface area contributed by atoms with Crippen molar-refractivity contribution in [1.82, 2.24) is 10.6 Å². The molecule has 0 radical (unpaired) electrons. The minimum Gasteiger partial charge on any atom is -0.354 e. The van der Waals surface area contributed by atoms with E-state index in [0.29, 0.717) is 24.9 Å².